The maximum atomic E-state index is 12.0. The molecule has 0 aromatic heterocycles. The fraction of sp³-hybridized carbons (Fsp3) is 0.333. The van der Waals surface area contributed by atoms with Crippen molar-refractivity contribution in [3.8, 4) is 11.5 Å². The Morgan fingerprint density at radius 2 is 1.03 bits per heavy atom. The zero-order valence-corrected chi connectivity index (χ0v) is 38.2. The predicted octanol–water partition coefficient (Wildman–Crippen LogP) is 8.73. The van der Waals surface area contributed by atoms with Crippen LogP contribution in [0.2, 0.25) is 0 Å². The average Bonchev–Trinajstić information content (AvgIpc) is 3.30. The molecule has 0 fully saturated rings. The number of allylic oxidation sites excluding steroid dienone is 2. The van der Waals surface area contributed by atoms with Crippen LogP contribution in [0.3, 0.4) is 0 Å². The molecule has 0 saturated carbocycles. The van der Waals surface area contributed by atoms with Gasteiger partial charge in [0.1, 0.15) is 28.6 Å². The topological polar surface area (TPSA) is 253 Å². The van der Waals surface area contributed by atoms with Crippen molar-refractivity contribution in [3.05, 3.63) is 140 Å². The van der Waals surface area contributed by atoms with E-state index in [1.807, 2.05) is 24.3 Å². The number of fused-ring (bicyclic) bond motifs is 2. The zero-order valence-electron chi connectivity index (χ0n) is 37.9. The SMILES string of the molecule is CCCCCCCCCCCCN(CCO)CCO.O=C1C=Cc2ccccc2/C1=N/Nc1cc([N+](=O)[O-])ccc1O.O=C1C=Cc2ccccc2/C1=N/Nc1ccc([N+](=O)[O-])cc1O.[Cr].[H+]. The second-order valence-electron chi connectivity index (χ2n) is 15.1. The molecule has 4 aromatic carbocycles. The van der Waals surface area contributed by atoms with E-state index in [0.717, 1.165) is 29.8 Å². The summed E-state index contributed by atoms with van der Waals surface area (Å²) in [4.78, 5) is 46.4. The zero-order chi connectivity index (χ0) is 47.0. The van der Waals surface area contributed by atoms with Gasteiger partial charge in [0.25, 0.3) is 11.4 Å². The van der Waals surface area contributed by atoms with E-state index < -0.39 is 9.85 Å². The van der Waals surface area contributed by atoms with Gasteiger partial charge in [-0.1, -0.05) is 125 Å². The third-order valence-electron chi connectivity index (χ3n) is 10.3. The van der Waals surface area contributed by atoms with Gasteiger partial charge in [-0.25, -0.2) is 0 Å². The van der Waals surface area contributed by atoms with Crippen LogP contribution in [0.15, 0.2) is 107 Å². The van der Waals surface area contributed by atoms with Gasteiger partial charge in [-0.3, -0.25) is 45.6 Å². The molecule has 18 heteroatoms. The van der Waals surface area contributed by atoms with Crippen LogP contribution in [0.25, 0.3) is 12.2 Å². The van der Waals surface area contributed by atoms with Crippen LogP contribution < -0.4 is 10.9 Å². The van der Waals surface area contributed by atoms with E-state index in [-0.39, 0.29) is 89.2 Å². The standard InChI is InChI=1S/2C16H11N3O4.C16H35NO2.Cr/c20-14-8-5-10-3-1-2-4-12(10)16(14)18-17-13-7-6-11(19(22)23)9-15(13)21;20-14-8-6-11(19(22)23)9-13(14)17-18-16-12-4-2-1-3-10(12)5-7-15(16)21;1-2-3-4-5-6-7-8-9-10-11-12-17(13-15-18)14-16-19;/h1-9,17,21H;1-9,17,20H;18-19H,2-16H2,1H3;/p+1/b2*18-16-;;. The van der Waals surface area contributed by atoms with E-state index >= 15 is 0 Å². The first-order valence-corrected chi connectivity index (χ1v) is 21.7. The minimum absolute atomic E-state index is 0. The van der Waals surface area contributed by atoms with Crippen LogP contribution in [-0.2, 0) is 27.0 Å². The van der Waals surface area contributed by atoms with Crippen molar-refractivity contribution >= 4 is 57.9 Å². The Kier molecular flexibility index (Phi) is 23.7. The number of rotatable bonds is 21. The van der Waals surface area contributed by atoms with Crippen LogP contribution in [0, 0.1) is 20.2 Å². The van der Waals surface area contributed by atoms with E-state index in [9.17, 15) is 40.0 Å². The largest absolute Gasteiger partial charge is 1.00 e. The number of aliphatic hydroxyl groups excluding tert-OH is 2. The van der Waals surface area contributed by atoms with Gasteiger partial charge in [-0.05, 0) is 48.4 Å². The molecule has 2 aliphatic carbocycles. The molecule has 0 heterocycles. The average molecular weight is 945 g/mol. The molecular formula is C48H58CrN7O10+. The third-order valence-corrected chi connectivity index (χ3v) is 10.3. The number of nitrogens with one attached hydrogen (secondary N) is 2. The number of hydrogen-bond donors (Lipinski definition) is 6. The van der Waals surface area contributed by atoms with Crippen LogP contribution in [0.4, 0.5) is 22.7 Å². The molecule has 17 nitrogen and oxygen atoms in total. The number of hydrazone groups is 2. The summed E-state index contributed by atoms with van der Waals surface area (Å²) in [5.74, 6) is -1.08. The first-order chi connectivity index (χ1) is 31.5. The summed E-state index contributed by atoms with van der Waals surface area (Å²) in [6, 6.07) is 21.6. The van der Waals surface area contributed by atoms with Gasteiger partial charge in [0, 0.05) is 59.8 Å². The molecule has 4 aromatic rings. The van der Waals surface area contributed by atoms with Crippen molar-refractivity contribution in [1.29, 1.82) is 0 Å². The third kappa shape index (κ3) is 17.1. The molecule has 0 aliphatic heterocycles. The van der Waals surface area contributed by atoms with E-state index in [4.69, 9.17) is 10.2 Å². The number of carbonyl (C=O) groups excluding carboxylic acids is 2. The van der Waals surface area contributed by atoms with E-state index in [1.54, 1.807) is 36.4 Å². The number of anilines is 2. The number of carbonyl (C=O) groups is 2. The van der Waals surface area contributed by atoms with E-state index in [0.29, 0.717) is 24.2 Å². The fourth-order valence-corrected chi connectivity index (χ4v) is 6.83. The first-order valence-electron chi connectivity index (χ1n) is 21.7. The number of nitro groups is 2. The molecule has 0 bridgehead atoms. The van der Waals surface area contributed by atoms with Gasteiger partial charge in [0.15, 0.2) is 0 Å². The van der Waals surface area contributed by atoms with Crippen molar-refractivity contribution < 1.29 is 58.6 Å². The minimum atomic E-state index is -0.610. The minimum Gasteiger partial charge on any atom is -0.506 e. The Bertz CT molecular complexity index is 2370. The number of benzene rings is 4. The second kappa shape index (κ2) is 29.1. The van der Waals surface area contributed by atoms with Crippen molar-refractivity contribution in [2.45, 2.75) is 71.1 Å². The van der Waals surface area contributed by atoms with Crippen LogP contribution in [-0.4, -0.2) is 91.0 Å². The molecule has 350 valence electrons. The fourth-order valence-electron chi connectivity index (χ4n) is 6.83. The number of aromatic hydroxyl groups is 2. The number of hydrogen-bond acceptors (Lipinski definition) is 15. The van der Waals surface area contributed by atoms with E-state index in [2.05, 4.69) is 32.9 Å². The Morgan fingerprint density at radius 1 is 0.576 bits per heavy atom. The van der Waals surface area contributed by atoms with Crippen molar-refractivity contribution in [2.75, 3.05) is 43.7 Å². The molecule has 6 N–H and O–H groups in total. The number of nitrogens with zero attached hydrogens (tertiary/aromatic N) is 5. The molecular weight excluding hydrogens is 887 g/mol. The summed E-state index contributed by atoms with van der Waals surface area (Å²) in [5.41, 5.74) is 8.31. The van der Waals surface area contributed by atoms with Crippen LogP contribution in [0.5, 0.6) is 11.5 Å². The number of nitro benzene ring substituents is 2. The van der Waals surface area contributed by atoms with Gasteiger partial charge < -0.3 is 20.4 Å². The summed E-state index contributed by atoms with van der Waals surface area (Å²) < 4.78 is 0. The second-order valence-corrected chi connectivity index (χ2v) is 15.1. The molecule has 0 spiro atoms. The van der Waals surface area contributed by atoms with Crippen LogP contribution in [0.1, 0.15) is 94.8 Å². The number of phenols is 2. The Morgan fingerprint density at radius 3 is 1.52 bits per heavy atom. The summed E-state index contributed by atoms with van der Waals surface area (Å²) in [5, 5.41) is 66.8. The molecule has 0 radical (unpaired) electrons. The van der Waals surface area contributed by atoms with E-state index in [1.165, 1.54) is 101 Å². The summed E-state index contributed by atoms with van der Waals surface area (Å²) in [6.45, 7) is 5.04. The molecule has 2 aliphatic rings. The normalized spacial score (nSPS) is 13.5. The molecule has 0 atom stereocenters. The maximum absolute atomic E-state index is 12.0. The molecule has 0 amide bonds. The van der Waals surface area contributed by atoms with Gasteiger partial charge in [-0.15, -0.1) is 0 Å². The maximum Gasteiger partial charge on any atom is 1.00 e. The Balaban J connectivity index is 0.000000343. The molecule has 6 rings (SSSR count). The predicted molar refractivity (Wildman–Crippen MR) is 254 cm³/mol. The van der Waals surface area contributed by atoms with Gasteiger partial charge in [-0.2, -0.15) is 10.2 Å². The quantitative estimate of drug-likeness (QED) is 0.0198. The number of aliphatic hydroxyl groups is 2. The van der Waals surface area contributed by atoms with Crippen molar-refractivity contribution in [2.24, 2.45) is 10.2 Å². The monoisotopic (exact) mass is 944 g/mol. The Labute approximate surface area is 396 Å². The number of non-ortho nitro benzene ring substituents is 2. The Hall–Kier alpha value is -6.55. The number of unbranched alkanes of at least 4 members (excludes halogenated alkanes) is 9. The smallest absolute Gasteiger partial charge is 0.506 e. The summed E-state index contributed by atoms with van der Waals surface area (Å²) in [7, 11) is 0. The van der Waals surface area contributed by atoms with Gasteiger partial charge in [0.2, 0.25) is 11.6 Å². The molecule has 0 unspecified atom stereocenters. The van der Waals surface area contributed by atoms with Gasteiger partial charge >= 0.3 is 1.43 Å². The number of phenolic OH excluding ortho intramolecular Hbond substituents is 2. The van der Waals surface area contributed by atoms with Crippen molar-refractivity contribution in [1.82, 2.24) is 4.90 Å². The molecule has 0 saturated heterocycles. The first kappa shape index (κ1) is 53.8. The number of ketones is 2. The van der Waals surface area contributed by atoms with Crippen LogP contribution >= 0.6 is 0 Å². The summed E-state index contributed by atoms with van der Waals surface area (Å²) >= 11 is 0. The van der Waals surface area contributed by atoms with Gasteiger partial charge in [0.05, 0.1) is 34.8 Å². The summed E-state index contributed by atoms with van der Waals surface area (Å²) in [6.07, 6.45) is 19.7. The molecule has 66 heavy (non-hydrogen) atoms. The van der Waals surface area contributed by atoms with Crippen molar-refractivity contribution in [3.63, 3.8) is 0 Å².